The van der Waals surface area contributed by atoms with Crippen molar-refractivity contribution in [1.82, 2.24) is 5.32 Å². The second-order valence-electron chi connectivity index (χ2n) is 5.01. The van der Waals surface area contributed by atoms with Gasteiger partial charge in [-0.2, -0.15) is 0 Å². The lowest BCUT2D eigenvalue weighted by Crippen LogP contribution is -2.43. The summed E-state index contributed by atoms with van der Waals surface area (Å²) in [4.78, 5) is 24.1. The Balaban J connectivity index is 2.15. The summed E-state index contributed by atoms with van der Waals surface area (Å²) in [6, 6.07) is 9.27. The van der Waals surface area contributed by atoms with Crippen LogP contribution in [0.2, 0.25) is 0 Å². The summed E-state index contributed by atoms with van der Waals surface area (Å²) >= 11 is 2.16. The molecule has 0 fully saturated rings. The number of carbonyl (C=O) groups excluding carboxylic acids is 2. The van der Waals surface area contributed by atoms with Crippen molar-refractivity contribution < 1.29 is 23.1 Å². The van der Waals surface area contributed by atoms with Gasteiger partial charge in [-0.05, 0) is 58.5 Å². The molecule has 1 amide bonds. The van der Waals surface area contributed by atoms with E-state index in [0.29, 0.717) is 0 Å². The standard InChI is InChI=1S/C17H14F2INO3/c1-24-17(23)15(8-10-2-5-12(20)6-3-10)21-16(22)11-4-7-13(18)14(19)9-11/h2-7,9,15H,8H2,1H3,(H,21,22)/t15-/m0/s1. The van der Waals surface area contributed by atoms with Gasteiger partial charge in [0.05, 0.1) is 7.11 Å². The number of ether oxygens (including phenoxy) is 1. The van der Waals surface area contributed by atoms with E-state index in [2.05, 4.69) is 27.9 Å². The lowest BCUT2D eigenvalue weighted by atomic mass is 10.1. The molecular formula is C17H14F2INO3. The third kappa shape index (κ3) is 4.73. The number of rotatable bonds is 5. The molecule has 0 aliphatic carbocycles. The Hall–Kier alpha value is -2.03. The van der Waals surface area contributed by atoms with Crippen LogP contribution >= 0.6 is 22.6 Å². The van der Waals surface area contributed by atoms with Crippen molar-refractivity contribution in [1.29, 1.82) is 0 Å². The number of amides is 1. The summed E-state index contributed by atoms with van der Waals surface area (Å²) in [5.41, 5.74) is 0.752. The number of carbonyl (C=O) groups is 2. The molecule has 2 rings (SSSR count). The van der Waals surface area contributed by atoms with E-state index in [1.165, 1.54) is 7.11 Å². The first-order chi connectivity index (χ1) is 11.4. The van der Waals surface area contributed by atoms with E-state index >= 15 is 0 Å². The monoisotopic (exact) mass is 445 g/mol. The molecule has 0 aliphatic rings. The number of benzene rings is 2. The van der Waals surface area contributed by atoms with Crippen LogP contribution in [-0.2, 0) is 16.0 Å². The lowest BCUT2D eigenvalue weighted by molar-refractivity contribution is -0.142. The zero-order valence-corrected chi connectivity index (χ0v) is 14.8. The fraction of sp³-hybridized carbons (Fsp3) is 0.176. The normalized spacial score (nSPS) is 11.7. The number of methoxy groups -OCH3 is 1. The molecule has 0 unspecified atom stereocenters. The average molecular weight is 445 g/mol. The minimum atomic E-state index is -1.13. The summed E-state index contributed by atoms with van der Waals surface area (Å²) in [7, 11) is 1.22. The first kappa shape index (κ1) is 18.3. The molecule has 0 spiro atoms. The van der Waals surface area contributed by atoms with Gasteiger partial charge in [0.15, 0.2) is 11.6 Å². The van der Waals surface area contributed by atoms with Crippen LogP contribution in [0.4, 0.5) is 8.78 Å². The molecule has 2 aromatic rings. The highest BCUT2D eigenvalue weighted by Crippen LogP contribution is 2.12. The van der Waals surface area contributed by atoms with Gasteiger partial charge in [-0.25, -0.2) is 13.6 Å². The fourth-order valence-electron chi connectivity index (χ4n) is 2.07. The van der Waals surface area contributed by atoms with Crippen LogP contribution in [-0.4, -0.2) is 25.0 Å². The molecule has 24 heavy (non-hydrogen) atoms. The highest BCUT2D eigenvalue weighted by Gasteiger charge is 2.23. The van der Waals surface area contributed by atoms with Gasteiger partial charge in [0, 0.05) is 15.6 Å². The minimum absolute atomic E-state index is 0.0783. The SMILES string of the molecule is COC(=O)[C@H](Cc1ccc(I)cc1)NC(=O)c1ccc(F)c(F)c1. The van der Waals surface area contributed by atoms with E-state index in [1.807, 2.05) is 24.3 Å². The van der Waals surface area contributed by atoms with E-state index in [0.717, 1.165) is 27.3 Å². The second kappa shape index (κ2) is 8.18. The van der Waals surface area contributed by atoms with Gasteiger partial charge in [0.25, 0.3) is 5.91 Å². The molecule has 4 nitrogen and oxygen atoms in total. The summed E-state index contributed by atoms with van der Waals surface area (Å²) in [5.74, 6) is -3.48. The summed E-state index contributed by atoms with van der Waals surface area (Å²) in [6.45, 7) is 0. The number of nitrogens with one attached hydrogen (secondary N) is 1. The topological polar surface area (TPSA) is 55.4 Å². The number of esters is 1. The highest BCUT2D eigenvalue weighted by molar-refractivity contribution is 14.1. The highest BCUT2D eigenvalue weighted by atomic mass is 127. The van der Waals surface area contributed by atoms with Crippen LogP contribution < -0.4 is 5.32 Å². The van der Waals surface area contributed by atoms with Crippen LogP contribution in [0.3, 0.4) is 0 Å². The third-order valence-electron chi connectivity index (χ3n) is 3.33. The summed E-state index contributed by atoms with van der Waals surface area (Å²) < 4.78 is 31.9. The molecule has 0 heterocycles. The molecule has 7 heteroatoms. The van der Waals surface area contributed by atoms with Gasteiger partial charge in [-0.3, -0.25) is 4.79 Å². The largest absolute Gasteiger partial charge is 0.467 e. The predicted molar refractivity (Wildman–Crippen MR) is 92.5 cm³/mol. The van der Waals surface area contributed by atoms with E-state index in [9.17, 15) is 18.4 Å². The Morgan fingerprint density at radius 1 is 1.12 bits per heavy atom. The Kier molecular flexibility index (Phi) is 6.24. The molecule has 2 aromatic carbocycles. The third-order valence-corrected chi connectivity index (χ3v) is 4.05. The van der Waals surface area contributed by atoms with Crippen LogP contribution in [0.1, 0.15) is 15.9 Å². The van der Waals surface area contributed by atoms with Crippen LogP contribution in [0.25, 0.3) is 0 Å². The van der Waals surface area contributed by atoms with Crippen molar-refractivity contribution in [2.45, 2.75) is 12.5 Å². The maximum Gasteiger partial charge on any atom is 0.328 e. The lowest BCUT2D eigenvalue weighted by Gasteiger charge is -2.17. The molecular weight excluding hydrogens is 431 g/mol. The maximum absolute atomic E-state index is 13.2. The Labute approximate surface area is 151 Å². The number of halogens is 3. The average Bonchev–Trinajstić information content (AvgIpc) is 2.57. The van der Waals surface area contributed by atoms with Gasteiger partial charge < -0.3 is 10.1 Å². The molecule has 0 saturated heterocycles. The quantitative estimate of drug-likeness (QED) is 0.569. The Bertz CT molecular complexity index is 750. The Morgan fingerprint density at radius 2 is 1.79 bits per heavy atom. The van der Waals surface area contributed by atoms with Crippen LogP contribution in [0.5, 0.6) is 0 Å². The molecule has 0 saturated carbocycles. The zero-order chi connectivity index (χ0) is 17.7. The molecule has 1 atom stereocenters. The second-order valence-corrected chi connectivity index (χ2v) is 6.25. The first-order valence-corrected chi connectivity index (χ1v) is 8.06. The zero-order valence-electron chi connectivity index (χ0n) is 12.7. The smallest absolute Gasteiger partial charge is 0.328 e. The first-order valence-electron chi connectivity index (χ1n) is 6.99. The molecule has 0 radical (unpaired) electrons. The number of hydrogen-bond donors (Lipinski definition) is 1. The van der Waals surface area contributed by atoms with Crippen LogP contribution in [0, 0.1) is 15.2 Å². The van der Waals surface area contributed by atoms with Crippen molar-refractivity contribution >= 4 is 34.5 Å². The van der Waals surface area contributed by atoms with Crippen molar-refractivity contribution in [3.63, 3.8) is 0 Å². The van der Waals surface area contributed by atoms with Gasteiger partial charge in [-0.1, -0.05) is 12.1 Å². The Morgan fingerprint density at radius 3 is 2.38 bits per heavy atom. The molecule has 0 bridgehead atoms. The van der Waals surface area contributed by atoms with Crippen molar-refractivity contribution in [2.24, 2.45) is 0 Å². The predicted octanol–water partition coefficient (Wildman–Crippen LogP) is 3.08. The fourth-order valence-corrected chi connectivity index (χ4v) is 2.43. The van der Waals surface area contributed by atoms with E-state index in [-0.39, 0.29) is 12.0 Å². The van der Waals surface area contributed by atoms with E-state index in [1.54, 1.807) is 0 Å². The van der Waals surface area contributed by atoms with Gasteiger partial charge in [-0.15, -0.1) is 0 Å². The van der Waals surface area contributed by atoms with Gasteiger partial charge in [0.1, 0.15) is 6.04 Å². The molecule has 0 aromatic heterocycles. The molecule has 126 valence electrons. The number of hydrogen-bond acceptors (Lipinski definition) is 3. The van der Waals surface area contributed by atoms with Gasteiger partial charge >= 0.3 is 5.97 Å². The summed E-state index contributed by atoms with van der Waals surface area (Å²) in [6.07, 6.45) is 0.221. The molecule has 1 N–H and O–H groups in total. The summed E-state index contributed by atoms with van der Waals surface area (Å²) in [5, 5.41) is 2.49. The van der Waals surface area contributed by atoms with Gasteiger partial charge in [0.2, 0.25) is 0 Å². The van der Waals surface area contributed by atoms with E-state index in [4.69, 9.17) is 4.74 Å². The minimum Gasteiger partial charge on any atom is -0.467 e. The maximum atomic E-state index is 13.2. The van der Waals surface area contributed by atoms with Crippen molar-refractivity contribution in [3.05, 3.63) is 68.8 Å². The van der Waals surface area contributed by atoms with E-state index < -0.39 is 29.6 Å². The van der Waals surface area contributed by atoms with Crippen LogP contribution in [0.15, 0.2) is 42.5 Å². The molecule has 0 aliphatic heterocycles. The van der Waals surface area contributed by atoms with Crippen molar-refractivity contribution in [3.8, 4) is 0 Å². The van der Waals surface area contributed by atoms with Crippen molar-refractivity contribution in [2.75, 3.05) is 7.11 Å².